The van der Waals surface area contributed by atoms with Crippen molar-refractivity contribution in [1.82, 2.24) is 0 Å². The fourth-order valence-corrected chi connectivity index (χ4v) is 3.16. The largest absolute Gasteiger partial charge is 0.0843 e. The summed E-state index contributed by atoms with van der Waals surface area (Å²) in [5.74, 6) is 1.04. The summed E-state index contributed by atoms with van der Waals surface area (Å²) in [5.41, 5.74) is 6.63. The van der Waals surface area contributed by atoms with Crippen LogP contribution in [0.5, 0.6) is 0 Å². The van der Waals surface area contributed by atoms with Crippen LogP contribution in [-0.4, -0.2) is 0 Å². The van der Waals surface area contributed by atoms with Gasteiger partial charge in [0.05, 0.1) is 0 Å². The Morgan fingerprint density at radius 2 is 1.60 bits per heavy atom. The minimum atomic E-state index is 0.503. The Balaban J connectivity index is 2.70. The van der Waals surface area contributed by atoms with Crippen molar-refractivity contribution in [2.75, 3.05) is 0 Å². The van der Waals surface area contributed by atoms with Crippen molar-refractivity contribution in [3.05, 3.63) is 58.1 Å². The molecule has 0 N–H and O–H groups in total. The lowest BCUT2D eigenvalue weighted by molar-refractivity contribution is 0.792. The Kier molecular flexibility index (Phi) is 4.55. The summed E-state index contributed by atoms with van der Waals surface area (Å²) in [6.45, 7) is 11.1. The molecule has 20 heavy (non-hydrogen) atoms. The Bertz CT molecular complexity index is 589. The lowest BCUT2D eigenvalue weighted by Gasteiger charge is -2.21. The molecule has 0 saturated carbocycles. The van der Waals surface area contributed by atoms with Gasteiger partial charge in [-0.3, -0.25) is 0 Å². The summed E-state index contributed by atoms with van der Waals surface area (Å²) in [7, 11) is 0. The van der Waals surface area contributed by atoms with E-state index in [1.807, 2.05) is 6.07 Å². The molecule has 2 rings (SSSR count). The summed E-state index contributed by atoms with van der Waals surface area (Å²) in [6, 6.07) is 12.9. The zero-order valence-corrected chi connectivity index (χ0v) is 13.8. The van der Waals surface area contributed by atoms with Gasteiger partial charge in [0.1, 0.15) is 0 Å². The summed E-state index contributed by atoms with van der Waals surface area (Å²) in [6.07, 6.45) is 0. The molecule has 0 atom stereocenters. The second-order valence-corrected chi connectivity index (χ2v) is 6.57. The van der Waals surface area contributed by atoms with Crippen LogP contribution in [0.1, 0.15) is 56.2 Å². The molecule has 0 heterocycles. The molecule has 0 aliphatic heterocycles. The van der Waals surface area contributed by atoms with Crippen molar-refractivity contribution in [1.29, 1.82) is 0 Å². The molecular weight excluding hydrogens is 264 g/mol. The second kappa shape index (κ2) is 6.01. The molecule has 0 aliphatic carbocycles. The lowest BCUT2D eigenvalue weighted by Crippen LogP contribution is -2.01. The number of hydrogen-bond donors (Lipinski definition) is 0. The van der Waals surface area contributed by atoms with Crippen molar-refractivity contribution in [2.24, 2.45) is 0 Å². The van der Waals surface area contributed by atoms with Crippen molar-refractivity contribution < 1.29 is 0 Å². The third-order valence-electron chi connectivity index (χ3n) is 3.69. The topological polar surface area (TPSA) is 0 Å². The van der Waals surface area contributed by atoms with Crippen LogP contribution in [0.2, 0.25) is 5.02 Å². The highest BCUT2D eigenvalue weighted by Gasteiger charge is 2.15. The van der Waals surface area contributed by atoms with Crippen LogP contribution in [0.4, 0.5) is 0 Å². The molecule has 106 valence electrons. The van der Waals surface area contributed by atoms with E-state index in [2.05, 4.69) is 65.0 Å². The Labute approximate surface area is 127 Å². The van der Waals surface area contributed by atoms with Gasteiger partial charge in [-0.05, 0) is 58.7 Å². The molecule has 1 heteroatoms. The van der Waals surface area contributed by atoms with Gasteiger partial charge in [-0.25, -0.2) is 0 Å². The van der Waals surface area contributed by atoms with Crippen LogP contribution in [0, 0.1) is 6.92 Å². The highest BCUT2D eigenvalue weighted by molar-refractivity contribution is 6.31. The molecule has 0 radical (unpaired) electrons. The van der Waals surface area contributed by atoms with Crippen molar-refractivity contribution in [3.63, 3.8) is 0 Å². The summed E-state index contributed by atoms with van der Waals surface area (Å²) >= 11 is 6.23. The van der Waals surface area contributed by atoms with Crippen LogP contribution >= 0.6 is 11.6 Å². The predicted molar refractivity (Wildman–Crippen MR) is 89.8 cm³/mol. The Morgan fingerprint density at radius 1 is 0.900 bits per heavy atom. The molecule has 0 spiro atoms. The predicted octanol–water partition coefficient (Wildman–Crippen LogP) is 6.56. The van der Waals surface area contributed by atoms with Crippen LogP contribution in [0.3, 0.4) is 0 Å². The average molecular weight is 287 g/mol. The van der Waals surface area contributed by atoms with E-state index in [1.165, 1.54) is 27.8 Å². The van der Waals surface area contributed by atoms with Gasteiger partial charge in [0.25, 0.3) is 0 Å². The second-order valence-electron chi connectivity index (χ2n) is 6.14. The van der Waals surface area contributed by atoms with Crippen molar-refractivity contribution >= 4 is 11.6 Å². The molecule has 0 amide bonds. The highest BCUT2D eigenvalue weighted by atomic mass is 35.5. The Morgan fingerprint density at radius 3 is 2.15 bits per heavy atom. The Hall–Kier alpha value is -1.27. The number of rotatable bonds is 3. The van der Waals surface area contributed by atoms with Gasteiger partial charge < -0.3 is 0 Å². The quantitative estimate of drug-likeness (QED) is 0.599. The molecule has 0 unspecified atom stereocenters. The van der Waals surface area contributed by atoms with Crippen LogP contribution in [-0.2, 0) is 0 Å². The first kappa shape index (κ1) is 15.1. The summed E-state index contributed by atoms with van der Waals surface area (Å²) in [4.78, 5) is 0. The normalized spacial score (nSPS) is 11.4. The first-order chi connectivity index (χ1) is 9.40. The minimum absolute atomic E-state index is 0.503. The van der Waals surface area contributed by atoms with E-state index >= 15 is 0 Å². The van der Waals surface area contributed by atoms with Gasteiger partial charge in [-0.15, -0.1) is 0 Å². The number of benzene rings is 2. The maximum Gasteiger partial charge on any atom is 0.0414 e. The maximum atomic E-state index is 6.23. The van der Waals surface area contributed by atoms with E-state index < -0.39 is 0 Å². The standard InChI is InChI=1S/C19H23Cl/c1-12(2)17-7-6-8-18(19(17)13(3)4)15-9-14(5)10-16(20)11-15/h6-13H,1-5H3. The van der Waals surface area contributed by atoms with E-state index in [-0.39, 0.29) is 0 Å². The fraction of sp³-hybridized carbons (Fsp3) is 0.368. The summed E-state index contributed by atoms with van der Waals surface area (Å²) < 4.78 is 0. The zero-order valence-electron chi connectivity index (χ0n) is 13.0. The zero-order chi connectivity index (χ0) is 14.9. The molecule has 0 fully saturated rings. The van der Waals surface area contributed by atoms with E-state index in [0.29, 0.717) is 11.8 Å². The lowest BCUT2D eigenvalue weighted by atomic mass is 9.84. The molecule has 0 aliphatic rings. The third kappa shape index (κ3) is 3.07. The molecule has 0 saturated heterocycles. The van der Waals surface area contributed by atoms with Crippen molar-refractivity contribution in [3.8, 4) is 11.1 Å². The molecule has 2 aromatic rings. The smallest absolute Gasteiger partial charge is 0.0414 e. The van der Waals surface area contributed by atoms with Crippen LogP contribution in [0.25, 0.3) is 11.1 Å². The molecule has 2 aromatic carbocycles. The maximum absolute atomic E-state index is 6.23. The molecule has 0 nitrogen and oxygen atoms in total. The van der Waals surface area contributed by atoms with Crippen LogP contribution in [0.15, 0.2) is 36.4 Å². The van der Waals surface area contributed by atoms with Crippen LogP contribution < -0.4 is 0 Å². The van der Waals surface area contributed by atoms with E-state index in [4.69, 9.17) is 11.6 Å². The SMILES string of the molecule is Cc1cc(Cl)cc(-c2cccc(C(C)C)c2C(C)C)c1. The summed E-state index contributed by atoms with van der Waals surface area (Å²) in [5, 5.41) is 0.810. The van der Waals surface area contributed by atoms with Gasteiger partial charge in [0.2, 0.25) is 0 Å². The van der Waals surface area contributed by atoms with Gasteiger partial charge >= 0.3 is 0 Å². The monoisotopic (exact) mass is 286 g/mol. The number of halogens is 1. The van der Waals surface area contributed by atoms with E-state index in [9.17, 15) is 0 Å². The number of aryl methyl sites for hydroxylation is 1. The average Bonchev–Trinajstić information content (AvgIpc) is 2.36. The first-order valence-electron chi connectivity index (χ1n) is 7.30. The first-order valence-corrected chi connectivity index (χ1v) is 7.68. The highest BCUT2D eigenvalue weighted by Crippen LogP contribution is 2.36. The molecule has 0 aromatic heterocycles. The van der Waals surface area contributed by atoms with Gasteiger partial charge in [-0.2, -0.15) is 0 Å². The third-order valence-corrected chi connectivity index (χ3v) is 3.91. The molecular formula is C19H23Cl. The van der Waals surface area contributed by atoms with E-state index in [0.717, 1.165) is 5.02 Å². The van der Waals surface area contributed by atoms with Gasteiger partial charge in [0, 0.05) is 5.02 Å². The van der Waals surface area contributed by atoms with E-state index in [1.54, 1.807) is 0 Å². The van der Waals surface area contributed by atoms with Gasteiger partial charge in [0.15, 0.2) is 0 Å². The molecule has 0 bridgehead atoms. The van der Waals surface area contributed by atoms with Gasteiger partial charge in [-0.1, -0.05) is 63.6 Å². The fourth-order valence-electron chi connectivity index (χ4n) is 2.87. The van der Waals surface area contributed by atoms with Crippen molar-refractivity contribution in [2.45, 2.75) is 46.5 Å². The number of hydrogen-bond acceptors (Lipinski definition) is 0. The minimum Gasteiger partial charge on any atom is -0.0843 e.